The Hall–Kier alpha value is -0.863. The van der Waals surface area contributed by atoms with Crippen LogP contribution in [0.15, 0.2) is 24.3 Å². The number of hydrogen-bond donors (Lipinski definition) is 0. The molecule has 25 heavy (non-hydrogen) atoms. The van der Waals surface area contributed by atoms with Gasteiger partial charge in [0.15, 0.2) is 0 Å². The van der Waals surface area contributed by atoms with Crippen molar-refractivity contribution in [3.05, 3.63) is 35.4 Å². The van der Waals surface area contributed by atoms with Gasteiger partial charge in [-0.1, -0.05) is 24.3 Å². The molecule has 0 fully saturated rings. The van der Waals surface area contributed by atoms with Gasteiger partial charge in [-0.15, -0.1) is 0 Å². The summed E-state index contributed by atoms with van der Waals surface area (Å²) < 4.78 is 21.8. The average molecular weight is 385 g/mol. The number of thioether (sulfide) groups is 1. The molecule has 7 heteroatoms. The molecule has 0 amide bonds. The van der Waals surface area contributed by atoms with Crippen LogP contribution in [0.5, 0.6) is 0 Å². The van der Waals surface area contributed by atoms with E-state index in [9.17, 15) is 4.79 Å². The standard InChI is InChI=1S/C18H28O5SSi/c1-20-25(21-2,22-3)14-6-12-24-13-11-18(19)23-17-10-9-15-7-4-5-8-16(15)17/h4-5,7-8,17H,6,9-14H2,1-3H3. The number of carbonyl (C=O) groups excluding carboxylic acids is 1. The highest BCUT2D eigenvalue weighted by molar-refractivity contribution is 7.99. The maximum atomic E-state index is 12.1. The number of benzene rings is 1. The zero-order valence-corrected chi connectivity index (χ0v) is 17.1. The van der Waals surface area contributed by atoms with Gasteiger partial charge in [-0.25, -0.2) is 0 Å². The lowest BCUT2D eigenvalue weighted by atomic mass is 10.1. The lowest BCUT2D eigenvalue weighted by Crippen LogP contribution is -2.42. The van der Waals surface area contributed by atoms with Crippen molar-refractivity contribution in [2.45, 2.75) is 37.8 Å². The van der Waals surface area contributed by atoms with Gasteiger partial charge in [-0.3, -0.25) is 4.79 Å². The molecule has 1 aliphatic rings. The van der Waals surface area contributed by atoms with Crippen molar-refractivity contribution in [1.82, 2.24) is 0 Å². The van der Waals surface area contributed by atoms with E-state index in [1.807, 2.05) is 12.1 Å². The first-order chi connectivity index (χ1) is 12.1. The third-order valence-corrected chi connectivity index (χ3v) is 8.41. The molecule has 0 aliphatic heterocycles. The van der Waals surface area contributed by atoms with Gasteiger partial charge in [0.1, 0.15) is 6.10 Å². The van der Waals surface area contributed by atoms with Crippen LogP contribution in [0.2, 0.25) is 6.04 Å². The molecule has 1 atom stereocenters. The number of rotatable bonds is 11. The molecule has 1 aromatic rings. The molecule has 1 aromatic carbocycles. The number of esters is 1. The summed E-state index contributed by atoms with van der Waals surface area (Å²) in [5.41, 5.74) is 2.47. The van der Waals surface area contributed by atoms with Gasteiger partial charge in [0.25, 0.3) is 0 Å². The molecule has 1 aliphatic carbocycles. The largest absolute Gasteiger partial charge is 0.500 e. The smallest absolute Gasteiger partial charge is 0.457 e. The van der Waals surface area contributed by atoms with E-state index >= 15 is 0 Å². The van der Waals surface area contributed by atoms with Gasteiger partial charge < -0.3 is 18.0 Å². The Balaban J connectivity index is 1.60. The molecule has 0 spiro atoms. The molecule has 0 radical (unpaired) electrons. The second-order valence-electron chi connectivity index (χ2n) is 5.98. The average Bonchev–Trinajstić information content (AvgIpc) is 3.05. The molecule has 0 aromatic heterocycles. The lowest BCUT2D eigenvalue weighted by Gasteiger charge is -2.24. The Morgan fingerprint density at radius 2 is 1.88 bits per heavy atom. The summed E-state index contributed by atoms with van der Waals surface area (Å²) in [5, 5.41) is 0. The monoisotopic (exact) mass is 384 g/mol. The third-order valence-electron chi connectivity index (χ3n) is 4.51. The van der Waals surface area contributed by atoms with Crippen LogP contribution in [-0.4, -0.2) is 47.6 Å². The van der Waals surface area contributed by atoms with Crippen LogP contribution in [-0.2, 0) is 29.2 Å². The first kappa shape index (κ1) is 20.4. The van der Waals surface area contributed by atoms with E-state index < -0.39 is 8.80 Å². The minimum absolute atomic E-state index is 0.0644. The van der Waals surface area contributed by atoms with Crippen LogP contribution in [0.4, 0.5) is 0 Å². The molecule has 0 bridgehead atoms. The molecular formula is C18H28O5SSi. The number of fused-ring (bicyclic) bond motifs is 1. The summed E-state index contributed by atoms with van der Waals surface area (Å²) in [5.74, 6) is 1.61. The molecule has 1 unspecified atom stereocenters. The number of aryl methyl sites for hydroxylation is 1. The topological polar surface area (TPSA) is 54.0 Å². The van der Waals surface area contributed by atoms with Gasteiger partial charge in [0, 0.05) is 33.1 Å². The van der Waals surface area contributed by atoms with Gasteiger partial charge in [0.05, 0.1) is 6.42 Å². The SMILES string of the molecule is CO[Si](CCCSCCC(=O)OC1CCc2ccccc21)(OC)OC. The lowest BCUT2D eigenvalue weighted by molar-refractivity contribution is -0.148. The van der Waals surface area contributed by atoms with Gasteiger partial charge >= 0.3 is 14.8 Å². The fraction of sp³-hybridized carbons (Fsp3) is 0.611. The van der Waals surface area contributed by atoms with Crippen LogP contribution in [0.25, 0.3) is 0 Å². The molecule has 140 valence electrons. The first-order valence-corrected chi connectivity index (χ1v) is 11.7. The van der Waals surface area contributed by atoms with Crippen LogP contribution in [0, 0.1) is 0 Å². The molecule has 5 nitrogen and oxygen atoms in total. The zero-order valence-electron chi connectivity index (χ0n) is 15.3. The van der Waals surface area contributed by atoms with Crippen LogP contribution in [0.1, 0.15) is 36.5 Å². The highest BCUT2D eigenvalue weighted by Crippen LogP contribution is 2.33. The number of hydrogen-bond acceptors (Lipinski definition) is 6. The van der Waals surface area contributed by atoms with Crippen molar-refractivity contribution in [3.63, 3.8) is 0 Å². The van der Waals surface area contributed by atoms with Crippen molar-refractivity contribution in [2.75, 3.05) is 32.8 Å². The van der Waals surface area contributed by atoms with E-state index in [4.69, 9.17) is 18.0 Å². The Morgan fingerprint density at radius 3 is 2.60 bits per heavy atom. The second kappa shape index (κ2) is 10.3. The van der Waals surface area contributed by atoms with Crippen LogP contribution >= 0.6 is 11.8 Å². The van der Waals surface area contributed by atoms with Crippen molar-refractivity contribution in [2.24, 2.45) is 0 Å². The molecule has 0 saturated heterocycles. The Labute approximate surface area is 155 Å². The summed E-state index contributed by atoms with van der Waals surface area (Å²) in [4.78, 5) is 12.1. The molecule has 2 rings (SSSR count). The Kier molecular flexibility index (Phi) is 8.45. The van der Waals surface area contributed by atoms with E-state index in [1.165, 1.54) is 11.1 Å². The van der Waals surface area contributed by atoms with Crippen molar-refractivity contribution in [1.29, 1.82) is 0 Å². The fourth-order valence-corrected chi connectivity index (χ4v) is 5.90. The quantitative estimate of drug-likeness (QED) is 0.330. The first-order valence-electron chi connectivity index (χ1n) is 8.64. The Morgan fingerprint density at radius 1 is 1.16 bits per heavy atom. The van der Waals surface area contributed by atoms with E-state index in [-0.39, 0.29) is 12.1 Å². The van der Waals surface area contributed by atoms with E-state index in [0.29, 0.717) is 6.42 Å². The maximum absolute atomic E-state index is 12.1. The predicted octanol–water partition coefficient (Wildman–Crippen LogP) is 3.61. The normalized spacial score (nSPS) is 16.7. The maximum Gasteiger partial charge on any atom is 0.500 e. The predicted molar refractivity (Wildman–Crippen MR) is 102 cm³/mol. The zero-order chi connectivity index (χ0) is 18.1. The molecule has 0 N–H and O–H groups in total. The highest BCUT2D eigenvalue weighted by Gasteiger charge is 2.36. The molecular weight excluding hydrogens is 356 g/mol. The summed E-state index contributed by atoms with van der Waals surface area (Å²) in [7, 11) is 2.42. The second-order valence-corrected chi connectivity index (χ2v) is 10.3. The molecule has 0 saturated carbocycles. The van der Waals surface area contributed by atoms with Crippen molar-refractivity contribution < 1.29 is 22.8 Å². The van der Waals surface area contributed by atoms with Crippen LogP contribution in [0.3, 0.4) is 0 Å². The van der Waals surface area contributed by atoms with E-state index in [0.717, 1.165) is 36.8 Å². The Bertz CT molecular complexity index is 542. The van der Waals surface area contributed by atoms with E-state index in [1.54, 1.807) is 33.1 Å². The number of ether oxygens (including phenoxy) is 1. The summed E-state index contributed by atoms with van der Waals surface area (Å²) >= 11 is 1.75. The summed E-state index contributed by atoms with van der Waals surface area (Å²) in [6, 6.07) is 9.00. The van der Waals surface area contributed by atoms with Gasteiger partial charge in [0.2, 0.25) is 0 Å². The van der Waals surface area contributed by atoms with Crippen molar-refractivity contribution >= 4 is 26.5 Å². The van der Waals surface area contributed by atoms with E-state index in [2.05, 4.69) is 12.1 Å². The number of carbonyl (C=O) groups is 1. The van der Waals surface area contributed by atoms with Crippen LogP contribution < -0.4 is 0 Å². The van der Waals surface area contributed by atoms with Gasteiger partial charge in [-0.2, -0.15) is 11.8 Å². The third kappa shape index (κ3) is 5.82. The van der Waals surface area contributed by atoms with Gasteiger partial charge in [-0.05, 0) is 36.1 Å². The highest BCUT2D eigenvalue weighted by atomic mass is 32.2. The minimum Gasteiger partial charge on any atom is -0.457 e. The molecule has 0 heterocycles. The summed E-state index contributed by atoms with van der Waals surface area (Å²) in [6.45, 7) is 0. The summed E-state index contributed by atoms with van der Waals surface area (Å²) in [6.07, 6.45) is 3.22. The minimum atomic E-state index is -2.46. The fourth-order valence-electron chi connectivity index (χ4n) is 3.06. The van der Waals surface area contributed by atoms with Crippen molar-refractivity contribution in [3.8, 4) is 0 Å².